The van der Waals surface area contributed by atoms with E-state index in [-0.39, 0.29) is 17.5 Å². The number of benzene rings is 1. The number of anilines is 2. The molecule has 2 aliphatic heterocycles. The van der Waals surface area contributed by atoms with Crippen LogP contribution in [0.25, 0.3) is 5.57 Å². The Bertz CT molecular complexity index is 1110. The summed E-state index contributed by atoms with van der Waals surface area (Å²) in [5, 5.41) is 27.5. The monoisotopic (exact) mass is 435 g/mol. The van der Waals surface area contributed by atoms with Crippen molar-refractivity contribution in [2.45, 2.75) is 39.2 Å². The number of aromatic nitrogens is 2. The summed E-state index contributed by atoms with van der Waals surface area (Å²) < 4.78 is 12.8. The van der Waals surface area contributed by atoms with Crippen LogP contribution < -0.4 is 15.7 Å². The molecule has 1 saturated heterocycles. The predicted molar refractivity (Wildman–Crippen MR) is 120 cm³/mol. The summed E-state index contributed by atoms with van der Waals surface area (Å²) in [4.78, 5) is 12.1. The van der Waals surface area contributed by atoms with Gasteiger partial charge in [-0.05, 0) is 48.5 Å². The van der Waals surface area contributed by atoms with Gasteiger partial charge in [0.2, 0.25) is 0 Å². The number of fused-ring (bicyclic) bond motifs is 1. The first-order chi connectivity index (χ1) is 15.5. The third-order valence-corrected chi connectivity index (χ3v) is 6.06. The van der Waals surface area contributed by atoms with Crippen molar-refractivity contribution in [3.05, 3.63) is 41.0 Å². The molecular weight excluding hydrogens is 409 g/mol. The Morgan fingerprint density at radius 3 is 2.94 bits per heavy atom. The second-order valence-electron chi connectivity index (χ2n) is 7.92. The lowest BCUT2D eigenvalue weighted by Crippen LogP contribution is -2.29. The molecule has 9 nitrogen and oxygen atoms in total. The van der Waals surface area contributed by atoms with Crippen molar-refractivity contribution in [1.29, 1.82) is 5.26 Å². The number of nitrogens with zero attached hydrogens (tertiary/aromatic N) is 3. The van der Waals surface area contributed by atoms with Crippen LogP contribution in [0.1, 0.15) is 55.1 Å². The van der Waals surface area contributed by atoms with Crippen LogP contribution >= 0.6 is 0 Å². The third-order valence-electron chi connectivity index (χ3n) is 6.06. The van der Waals surface area contributed by atoms with Crippen molar-refractivity contribution in [2.24, 2.45) is 11.7 Å². The molecule has 2 atom stereocenters. The minimum Gasteiger partial charge on any atom is -0.532 e. The Kier molecular flexibility index (Phi) is 6.21. The van der Waals surface area contributed by atoms with Gasteiger partial charge in [0.25, 0.3) is 5.91 Å². The molecule has 10 heteroatoms. The molecule has 3 heterocycles. The maximum Gasteiger partial charge on any atom is 0.556 e. The van der Waals surface area contributed by atoms with E-state index in [1.807, 2.05) is 19.9 Å². The van der Waals surface area contributed by atoms with Crippen molar-refractivity contribution in [3.8, 4) is 11.8 Å². The lowest BCUT2D eigenvalue weighted by Gasteiger charge is -2.27. The Labute approximate surface area is 186 Å². The number of rotatable bonds is 6. The summed E-state index contributed by atoms with van der Waals surface area (Å²) in [6.07, 6.45) is 3.61. The van der Waals surface area contributed by atoms with Crippen molar-refractivity contribution in [3.63, 3.8) is 0 Å². The first kappa shape index (κ1) is 21.9. The predicted octanol–water partition coefficient (Wildman–Crippen LogP) is 2.81. The van der Waals surface area contributed by atoms with Gasteiger partial charge in [0.15, 0.2) is 5.82 Å². The highest BCUT2D eigenvalue weighted by Gasteiger charge is 2.32. The molecule has 0 saturated carbocycles. The highest BCUT2D eigenvalue weighted by molar-refractivity contribution is 6.55. The zero-order chi connectivity index (χ0) is 22.8. The van der Waals surface area contributed by atoms with Crippen molar-refractivity contribution < 1.29 is 19.2 Å². The summed E-state index contributed by atoms with van der Waals surface area (Å²) in [6.45, 7) is 4.90. The molecule has 32 heavy (non-hydrogen) atoms. The van der Waals surface area contributed by atoms with Gasteiger partial charge in [-0.25, -0.2) is 0 Å². The van der Waals surface area contributed by atoms with Crippen LogP contribution in [-0.4, -0.2) is 41.0 Å². The third kappa shape index (κ3) is 3.97. The fraction of sp³-hybridized carbons (Fsp3) is 0.409. The smallest absolute Gasteiger partial charge is 0.532 e. The second-order valence-corrected chi connectivity index (χ2v) is 7.92. The largest absolute Gasteiger partial charge is 0.556 e. The maximum absolute atomic E-state index is 12.1. The van der Waals surface area contributed by atoms with E-state index in [2.05, 4.69) is 16.5 Å². The molecule has 0 spiro atoms. The normalized spacial score (nSPS) is 20.4. The van der Waals surface area contributed by atoms with Crippen LogP contribution in [0, 0.1) is 17.2 Å². The van der Waals surface area contributed by atoms with Gasteiger partial charge in [-0.2, -0.15) is 10.4 Å². The highest BCUT2D eigenvalue weighted by atomic mass is 16.5. The zero-order valence-corrected chi connectivity index (χ0v) is 18.2. The van der Waals surface area contributed by atoms with Crippen LogP contribution in [-0.2, 0) is 4.74 Å². The van der Waals surface area contributed by atoms with E-state index in [0.29, 0.717) is 43.3 Å². The molecule has 166 valence electrons. The van der Waals surface area contributed by atoms with Crippen LogP contribution in [0.5, 0.6) is 5.75 Å². The Morgan fingerprint density at radius 1 is 1.44 bits per heavy atom. The van der Waals surface area contributed by atoms with Gasteiger partial charge >= 0.3 is 7.12 Å². The Balaban J connectivity index is 1.68. The number of carbonyl (C=O) groups is 1. The van der Waals surface area contributed by atoms with Crippen LogP contribution in [0.15, 0.2) is 29.9 Å². The minimum atomic E-state index is -0.941. The topological polar surface area (TPSA) is 135 Å². The van der Waals surface area contributed by atoms with Gasteiger partial charge in [0.1, 0.15) is 11.3 Å². The maximum atomic E-state index is 12.1. The number of allylic oxidation sites excluding steroid dienone is 2. The summed E-state index contributed by atoms with van der Waals surface area (Å²) in [7, 11) is -0.941. The number of hydrogen-bond donors (Lipinski definition) is 3. The van der Waals surface area contributed by atoms with Gasteiger partial charge in [0, 0.05) is 24.1 Å². The van der Waals surface area contributed by atoms with E-state index in [9.17, 15) is 15.1 Å². The molecule has 2 unspecified atom stereocenters. The summed E-state index contributed by atoms with van der Waals surface area (Å²) in [5.74, 6) is 0.0493. The van der Waals surface area contributed by atoms with E-state index in [1.54, 1.807) is 23.0 Å². The molecule has 2 aliphatic rings. The number of carbonyl (C=O) groups excluding carboxylic acids is 1. The van der Waals surface area contributed by atoms with Crippen molar-refractivity contribution in [1.82, 2.24) is 9.78 Å². The number of nitriles is 1. The molecule has 0 aliphatic carbocycles. The van der Waals surface area contributed by atoms with Gasteiger partial charge < -0.3 is 25.5 Å². The summed E-state index contributed by atoms with van der Waals surface area (Å²) in [5.41, 5.74) is 9.33. The van der Waals surface area contributed by atoms with Crippen LogP contribution in [0.2, 0.25) is 0 Å². The summed E-state index contributed by atoms with van der Waals surface area (Å²) in [6, 6.07) is 7.51. The lowest BCUT2D eigenvalue weighted by molar-refractivity contribution is 0.0342. The van der Waals surface area contributed by atoms with Crippen molar-refractivity contribution in [2.75, 3.05) is 18.5 Å². The standard InChI is InChI=1S/C22H26BN5O4/c1-3-15-16-9-14(5-6-20(16)32-23(30)18(15)4-2)26-22-17(21(25)29)11-28(27-22)19-12-31-8-7-13(19)10-24/h5-6,9,11,13,19,30H,3-4,7-8,12H2,1-2H3,(H2,25,29)(H,26,27). The van der Waals surface area contributed by atoms with Gasteiger partial charge in [-0.1, -0.05) is 13.8 Å². The average molecular weight is 435 g/mol. The van der Waals surface area contributed by atoms with E-state index in [1.165, 1.54) is 0 Å². The first-order valence-corrected chi connectivity index (χ1v) is 10.8. The zero-order valence-electron chi connectivity index (χ0n) is 18.2. The number of ether oxygens (including phenoxy) is 1. The number of amides is 1. The van der Waals surface area contributed by atoms with E-state index in [0.717, 1.165) is 23.0 Å². The number of nitrogens with two attached hydrogens (primary N) is 1. The average Bonchev–Trinajstić information content (AvgIpc) is 3.22. The first-order valence-electron chi connectivity index (χ1n) is 10.8. The molecule has 4 N–H and O–H groups in total. The molecule has 4 rings (SSSR count). The molecule has 1 fully saturated rings. The quantitative estimate of drug-likeness (QED) is 0.594. The minimum absolute atomic E-state index is 0.233. The van der Waals surface area contributed by atoms with E-state index in [4.69, 9.17) is 15.1 Å². The summed E-state index contributed by atoms with van der Waals surface area (Å²) >= 11 is 0. The Hall–Kier alpha value is -3.29. The molecule has 0 radical (unpaired) electrons. The van der Waals surface area contributed by atoms with Gasteiger partial charge in [-0.15, -0.1) is 0 Å². The number of hydrogen-bond acceptors (Lipinski definition) is 7. The molecular formula is C22H26BN5O4. The molecule has 1 aromatic carbocycles. The fourth-order valence-electron chi connectivity index (χ4n) is 4.37. The molecule has 1 amide bonds. The molecule has 1 aromatic heterocycles. The van der Waals surface area contributed by atoms with Crippen LogP contribution in [0.4, 0.5) is 11.5 Å². The number of primary amides is 1. The molecule has 0 bridgehead atoms. The van der Waals surface area contributed by atoms with E-state index < -0.39 is 13.0 Å². The molecule has 2 aromatic rings. The van der Waals surface area contributed by atoms with Crippen LogP contribution in [0.3, 0.4) is 0 Å². The Morgan fingerprint density at radius 2 is 2.25 bits per heavy atom. The van der Waals surface area contributed by atoms with Gasteiger partial charge in [0.05, 0.1) is 24.6 Å². The van der Waals surface area contributed by atoms with Crippen molar-refractivity contribution >= 4 is 30.1 Å². The number of nitrogens with one attached hydrogen (secondary N) is 1. The van der Waals surface area contributed by atoms with Gasteiger partial charge in [-0.3, -0.25) is 9.48 Å². The second kappa shape index (κ2) is 9.06. The SMILES string of the molecule is CCC1=C(CC)c2cc(Nc3nn(C4COCCC4C#N)cc3C(N)=O)ccc2OB1O. The van der Waals surface area contributed by atoms with E-state index >= 15 is 0 Å². The fourth-order valence-corrected chi connectivity index (χ4v) is 4.37. The lowest BCUT2D eigenvalue weighted by atomic mass is 9.70. The highest BCUT2D eigenvalue weighted by Crippen LogP contribution is 2.39.